The molecule has 1 aliphatic carbocycles. The molecule has 4 nitrogen and oxygen atoms in total. The summed E-state index contributed by atoms with van der Waals surface area (Å²) in [6, 6.07) is 2.91. The molecule has 19 heavy (non-hydrogen) atoms. The van der Waals surface area contributed by atoms with Gasteiger partial charge < -0.3 is 14.9 Å². The molecule has 1 saturated carbocycles. The SMILES string of the molecule is O=C(O)C1(c2ccc(OC(F)F)cc2F)CC(O)C1. The predicted molar refractivity (Wildman–Crippen MR) is 57.6 cm³/mol. The van der Waals surface area contributed by atoms with Crippen LogP contribution in [0.4, 0.5) is 13.2 Å². The number of aliphatic hydroxyl groups excluding tert-OH is 1. The van der Waals surface area contributed by atoms with Crippen molar-refractivity contribution in [3.05, 3.63) is 29.6 Å². The molecular weight excluding hydrogens is 265 g/mol. The van der Waals surface area contributed by atoms with Gasteiger partial charge in [0.1, 0.15) is 17.0 Å². The standard InChI is InChI=1S/C12H11F3O4/c13-9-3-7(19-11(14)15)1-2-8(9)12(10(17)18)4-6(16)5-12/h1-3,6,11,16H,4-5H2,(H,17,18). The van der Waals surface area contributed by atoms with Crippen LogP contribution in [0.1, 0.15) is 18.4 Å². The molecule has 0 bridgehead atoms. The second kappa shape index (κ2) is 4.73. The Morgan fingerprint density at radius 3 is 2.47 bits per heavy atom. The molecule has 1 aliphatic rings. The molecule has 0 radical (unpaired) electrons. The Morgan fingerprint density at radius 1 is 1.42 bits per heavy atom. The van der Waals surface area contributed by atoms with Crippen molar-refractivity contribution in [3.8, 4) is 5.75 Å². The van der Waals surface area contributed by atoms with Crippen molar-refractivity contribution in [3.63, 3.8) is 0 Å². The van der Waals surface area contributed by atoms with Gasteiger partial charge in [-0.15, -0.1) is 0 Å². The molecular formula is C12H11F3O4. The van der Waals surface area contributed by atoms with E-state index in [1.54, 1.807) is 0 Å². The van der Waals surface area contributed by atoms with E-state index < -0.39 is 29.9 Å². The van der Waals surface area contributed by atoms with Crippen LogP contribution in [-0.2, 0) is 10.2 Å². The molecule has 1 fully saturated rings. The van der Waals surface area contributed by atoms with E-state index in [0.717, 1.165) is 18.2 Å². The van der Waals surface area contributed by atoms with Crippen molar-refractivity contribution < 1.29 is 32.9 Å². The Kier molecular flexibility index (Phi) is 3.40. The van der Waals surface area contributed by atoms with Crippen LogP contribution in [0.15, 0.2) is 18.2 Å². The molecule has 1 aromatic rings. The zero-order valence-electron chi connectivity index (χ0n) is 9.65. The summed E-state index contributed by atoms with van der Waals surface area (Å²) in [6.45, 7) is -3.08. The molecule has 2 N–H and O–H groups in total. The Bertz CT molecular complexity index is 498. The van der Waals surface area contributed by atoms with Gasteiger partial charge in [-0.05, 0) is 18.9 Å². The highest BCUT2D eigenvalue weighted by Gasteiger charge is 2.52. The van der Waals surface area contributed by atoms with Gasteiger partial charge in [0, 0.05) is 11.6 Å². The maximum atomic E-state index is 13.8. The Balaban J connectivity index is 2.32. The van der Waals surface area contributed by atoms with Crippen molar-refractivity contribution in [1.29, 1.82) is 0 Å². The third-order valence-corrected chi connectivity index (χ3v) is 3.26. The second-order valence-corrected chi connectivity index (χ2v) is 4.47. The van der Waals surface area contributed by atoms with Gasteiger partial charge >= 0.3 is 12.6 Å². The minimum absolute atomic E-state index is 0.103. The minimum Gasteiger partial charge on any atom is -0.481 e. The number of rotatable bonds is 4. The van der Waals surface area contributed by atoms with Crippen LogP contribution in [0.5, 0.6) is 5.75 Å². The highest BCUT2D eigenvalue weighted by molar-refractivity contribution is 5.83. The number of benzene rings is 1. The van der Waals surface area contributed by atoms with E-state index in [-0.39, 0.29) is 24.2 Å². The number of aliphatic hydroxyl groups is 1. The normalized spacial score (nSPS) is 26.1. The van der Waals surface area contributed by atoms with E-state index in [0.29, 0.717) is 0 Å². The third kappa shape index (κ3) is 2.37. The maximum absolute atomic E-state index is 13.8. The summed E-state index contributed by atoms with van der Waals surface area (Å²) in [5.74, 6) is -2.57. The molecule has 0 aliphatic heterocycles. The topological polar surface area (TPSA) is 66.8 Å². The van der Waals surface area contributed by atoms with E-state index in [9.17, 15) is 23.1 Å². The third-order valence-electron chi connectivity index (χ3n) is 3.26. The molecule has 0 aromatic heterocycles. The lowest BCUT2D eigenvalue weighted by atomic mass is 9.62. The molecule has 1 aromatic carbocycles. The summed E-state index contributed by atoms with van der Waals surface area (Å²) in [4.78, 5) is 11.2. The van der Waals surface area contributed by atoms with Crippen molar-refractivity contribution in [2.45, 2.75) is 31.0 Å². The van der Waals surface area contributed by atoms with Crippen LogP contribution >= 0.6 is 0 Å². The van der Waals surface area contributed by atoms with Gasteiger partial charge in [0.2, 0.25) is 0 Å². The molecule has 0 atom stereocenters. The highest BCUT2D eigenvalue weighted by Crippen LogP contribution is 2.45. The number of carboxylic acids is 1. The van der Waals surface area contributed by atoms with Crippen LogP contribution in [0.2, 0.25) is 0 Å². The fourth-order valence-electron chi connectivity index (χ4n) is 2.31. The lowest BCUT2D eigenvalue weighted by Gasteiger charge is -2.42. The van der Waals surface area contributed by atoms with Gasteiger partial charge in [-0.1, -0.05) is 6.07 Å². The molecule has 0 saturated heterocycles. The molecule has 2 rings (SSSR count). The monoisotopic (exact) mass is 276 g/mol. The number of halogens is 3. The van der Waals surface area contributed by atoms with E-state index in [2.05, 4.69) is 4.74 Å². The number of carbonyl (C=O) groups is 1. The van der Waals surface area contributed by atoms with Gasteiger partial charge in [-0.3, -0.25) is 4.79 Å². The molecule has 0 amide bonds. The first-order valence-electron chi connectivity index (χ1n) is 5.51. The molecule has 0 unspecified atom stereocenters. The number of carboxylic acid groups (broad SMARTS) is 1. The summed E-state index contributed by atoms with van der Waals surface area (Å²) in [5.41, 5.74) is -1.63. The average molecular weight is 276 g/mol. The van der Waals surface area contributed by atoms with Crippen molar-refractivity contribution in [2.24, 2.45) is 0 Å². The molecule has 0 spiro atoms. The molecule has 0 heterocycles. The predicted octanol–water partition coefficient (Wildman–Crippen LogP) is 1.90. The van der Waals surface area contributed by atoms with Gasteiger partial charge in [-0.25, -0.2) is 4.39 Å². The number of aliphatic carboxylic acids is 1. The summed E-state index contributed by atoms with van der Waals surface area (Å²) < 4.78 is 41.8. The average Bonchev–Trinajstić information content (AvgIpc) is 2.24. The van der Waals surface area contributed by atoms with Gasteiger partial charge in [0.15, 0.2) is 0 Å². The molecule has 7 heteroatoms. The van der Waals surface area contributed by atoms with Crippen LogP contribution < -0.4 is 4.74 Å². The summed E-state index contributed by atoms with van der Waals surface area (Å²) >= 11 is 0. The van der Waals surface area contributed by atoms with Gasteiger partial charge in [-0.2, -0.15) is 8.78 Å². The number of hydrogen-bond acceptors (Lipinski definition) is 3. The van der Waals surface area contributed by atoms with E-state index in [4.69, 9.17) is 5.11 Å². The Morgan fingerprint density at radius 2 is 2.05 bits per heavy atom. The van der Waals surface area contributed by atoms with Crippen molar-refractivity contribution in [1.82, 2.24) is 0 Å². The molecule has 104 valence electrons. The largest absolute Gasteiger partial charge is 0.481 e. The van der Waals surface area contributed by atoms with Crippen molar-refractivity contribution in [2.75, 3.05) is 0 Å². The van der Waals surface area contributed by atoms with Crippen molar-refractivity contribution >= 4 is 5.97 Å². The van der Waals surface area contributed by atoms with Crippen LogP contribution in [0.25, 0.3) is 0 Å². The van der Waals surface area contributed by atoms with Gasteiger partial charge in [0.05, 0.1) is 6.10 Å². The Hall–Kier alpha value is -1.76. The number of alkyl halides is 2. The first kappa shape index (κ1) is 13.7. The fraction of sp³-hybridized carbons (Fsp3) is 0.417. The second-order valence-electron chi connectivity index (χ2n) is 4.47. The summed E-state index contributed by atoms with van der Waals surface area (Å²) in [6.07, 6.45) is -1.00. The van der Waals surface area contributed by atoms with Crippen LogP contribution in [0, 0.1) is 5.82 Å². The lowest BCUT2D eigenvalue weighted by molar-refractivity contribution is -0.153. The van der Waals surface area contributed by atoms with Crippen LogP contribution in [0.3, 0.4) is 0 Å². The summed E-state index contributed by atoms with van der Waals surface area (Å²) in [7, 11) is 0. The Labute approximate surface area is 106 Å². The zero-order chi connectivity index (χ0) is 14.2. The van der Waals surface area contributed by atoms with Crippen LogP contribution in [-0.4, -0.2) is 28.9 Å². The van der Waals surface area contributed by atoms with E-state index in [1.165, 1.54) is 0 Å². The van der Waals surface area contributed by atoms with E-state index in [1.807, 2.05) is 0 Å². The highest BCUT2D eigenvalue weighted by atomic mass is 19.3. The smallest absolute Gasteiger partial charge is 0.387 e. The first-order valence-corrected chi connectivity index (χ1v) is 5.51. The van der Waals surface area contributed by atoms with Gasteiger partial charge in [0.25, 0.3) is 0 Å². The summed E-state index contributed by atoms with van der Waals surface area (Å²) in [5, 5.41) is 18.4. The maximum Gasteiger partial charge on any atom is 0.387 e. The first-order chi connectivity index (χ1) is 8.85. The number of hydrogen-bond donors (Lipinski definition) is 2. The fourth-order valence-corrected chi connectivity index (χ4v) is 2.31. The number of ether oxygens (including phenoxy) is 1. The quantitative estimate of drug-likeness (QED) is 0.881. The minimum atomic E-state index is -3.08. The van der Waals surface area contributed by atoms with E-state index >= 15 is 0 Å². The zero-order valence-corrected chi connectivity index (χ0v) is 9.65. The lowest BCUT2D eigenvalue weighted by Crippen LogP contribution is -2.51.